The lowest BCUT2D eigenvalue weighted by molar-refractivity contribution is 0.0689. The Kier molecular flexibility index (Phi) is 3.87. The third-order valence-corrected chi connectivity index (χ3v) is 3.70. The van der Waals surface area contributed by atoms with Crippen LogP contribution in [0, 0.1) is 5.92 Å². The van der Waals surface area contributed by atoms with Crippen molar-refractivity contribution in [1.29, 1.82) is 0 Å². The van der Waals surface area contributed by atoms with Gasteiger partial charge in [0.15, 0.2) is 5.69 Å². The highest BCUT2D eigenvalue weighted by Gasteiger charge is 2.27. The number of carboxylic acid groups (broad SMARTS) is 1. The van der Waals surface area contributed by atoms with Gasteiger partial charge in [0.05, 0.1) is 0 Å². The van der Waals surface area contributed by atoms with Crippen molar-refractivity contribution in [1.82, 2.24) is 15.1 Å². The van der Waals surface area contributed by atoms with Gasteiger partial charge in [0.2, 0.25) is 0 Å². The number of hydrogen-bond donors (Lipinski definition) is 2. The van der Waals surface area contributed by atoms with Crippen molar-refractivity contribution >= 4 is 11.9 Å². The number of nitrogens with zero attached hydrogens (tertiary/aromatic N) is 2. The molecule has 0 spiro atoms. The van der Waals surface area contributed by atoms with E-state index in [0.717, 1.165) is 19.3 Å². The molecule has 0 saturated heterocycles. The van der Waals surface area contributed by atoms with E-state index >= 15 is 0 Å². The number of carboxylic acids is 1. The maximum absolute atomic E-state index is 12.1. The molecule has 0 aromatic carbocycles. The van der Waals surface area contributed by atoms with Crippen molar-refractivity contribution in [3.8, 4) is 0 Å². The van der Waals surface area contributed by atoms with E-state index in [2.05, 4.69) is 17.3 Å². The zero-order valence-electron chi connectivity index (χ0n) is 11.2. The summed E-state index contributed by atoms with van der Waals surface area (Å²) in [7, 11) is 1.60. The zero-order chi connectivity index (χ0) is 14.0. The minimum absolute atomic E-state index is 0.00669. The molecule has 2 atom stereocenters. The Morgan fingerprint density at radius 3 is 2.74 bits per heavy atom. The Bertz CT molecular complexity index is 495. The van der Waals surface area contributed by atoms with Gasteiger partial charge >= 0.3 is 5.97 Å². The van der Waals surface area contributed by atoms with Gasteiger partial charge in [-0.1, -0.05) is 19.8 Å². The number of carbonyl (C=O) groups excluding carboxylic acids is 1. The number of nitrogens with one attached hydrogen (secondary N) is 1. The maximum atomic E-state index is 12.1. The number of aryl methyl sites for hydroxylation is 1. The third kappa shape index (κ3) is 2.94. The number of aromatic carboxylic acids is 1. The fourth-order valence-corrected chi connectivity index (χ4v) is 2.58. The summed E-state index contributed by atoms with van der Waals surface area (Å²) in [6, 6.07) is 0.116. The van der Waals surface area contributed by atoms with E-state index in [1.165, 1.54) is 17.3 Å². The van der Waals surface area contributed by atoms with Gasteiger partial charge < -0.3 is 10.4 Å². The standard InChI is InChI=1S/C13H19N3O3/c1-8-5-3-4-6-10(8)14-12(17)11-9(13(18)19)7-16(2)15-11/h7-8,10H,3-6H2,1-2H3,(H,14,17)(H,18,19)/t8-,10-/m1/s1. The van der Waals surface area contributed by atoms with Crippen LogP contribution in [0.25, 0.3) is 0 Å². The summed E-state index contributed by atoms with van der Waals surface area (Å²) >= 11 is 0. The molecule has 0 radical (unpaired) electrons. The van der Waals surface area contributed by atoms with Gasteiger partial charge in [-0.2, -0.15) is 5.10 Å². The van der Waals surface area contributed by atoms with E-state index in [1.807, 2.05) is 0 Å². The first-order valence-corrected chi connectivity index (χ1v) is 6.57. The van der Waals surface area contributed by atoms with Crippen molar-refractivity contribution < 1.29 is 14.7 Å². The molecular weight excluding hydrogens is 246 g/mol. The maximum Gasteiger partial charge on any atom is 0.339 e. The van der Waals surface area contributed by atoms with Crippen LogP contribution in [0.5, 0.6) is 0 Å². The van der Waals surface area contributed by atoms with Crippen LogP contribution in [0.3, 0.4) is 0 Å². The summed E-state index contributed by atoms with van der Waals surface area (Å²) in [5.41, 5.74) is -0.0590. The Labute approximate surface area is 111 Å². The number of amides is 1. The first kappa shape index (κ1) is 13.6. The van der Waals surface area contributed by atoms with Crippen LogP contribution in [0.4, 0.5) is 0 Å². The molecule has 1 aromatic rings. The first-order valence-electron chi connectivity index (χ1n) is 6.57. The Hall–Kier alpha value is -1.85. The van der Waals surface area contributed by atoms with Crippen LogP contribution in [0.1, 0.15) is 53.5 Å². The van der Waals surface area contributed by atoms with Crippen molar-refractivity contribution in [2.24, 2.45) is 13.0 Å². The summed E-state index contributed by atoms with van der Waals surface area (Å²) < 4.78 is 1.35. The predicted molar refractivity (Wildman–Crippen MR) is 69.1 cm³/mol. The molecule has 0 unspecified atom stereocenters. The number of aromatic nitrogens is 2. The second-order valence-corrected chi connectivity index (χ2v) is 5.21. The third-order valence-electron chi connectivity index (χ3n) is 3.70. The Morgan fingerprint density at radius 2 is 2.11 bits per heavy atom. The largest absolute Gasteiger partial charge is 0.478 e. The van der Waals surface area contributed by atoms with E-state index in [1.54, 1.807) is 7.05 Å². The van der Waals surface area contributed by atoms with Gasteiger partial charge in [0.25, 0.3) is 5.91 Å². The molecule has 2 rings (SSSR count). The molecule has 19 heavy (non-hydrogen) atoms. The summed E-state index contributed by atoms with van der Waals surface area (Å²) in [4.78, 5) is 23.2. The van der Waals surface area contributed by atoms with E-state index in [4.69, 9.17) is 5.11 Å². The van der Waals surface area contributed by atoms with Crippen LogP contribution >= 0.6 is 0 Å². The van der Waals surface area contributed by atoms with Crippen LogP contribution in [-0.4, -0.2) is 32.8 Å². The van der Waals surface area contributed by atoms with Gasteiger partial charge in [0.1, 0.15) is 5.56 Å². The molecule has 6 heteroatoms. The highest BCUT2D eigenvalue weighted by atomic mass is 16.4. The number of hydrogen-bond acceptors (Lipinski definition) is 3. The lowest BCUT2D eigenvalue weighted by Crippen LogP contribution is -2.41. The molecule has 2 N–H and O–H groups in total. The fourth-order valence-electron chi connectivity index (χ4n) is 2.58. The van der Waals surface area contributed by atoms with E-state index in [9.17, 15) is 9.59 Å². The van der Waals surface area contributed by atoms with E-state index < -0.39 is 11.9 Å². The molecule has 0 bridgehead atoms. The molecule has 1 aliphatic carbocycles. The van der Waals surface area contributed by atoms with E-state index in [-0.39, 0.29) is 17.3 Å². The van der Waals surface area contributed by atoms with Gasteiger partial charge in [-0.05, 0) is 18.8 Å². The van der Waals surface area contributed by atoms with Gasteiger partial charge in [-0.3, -0.25) is 9.48 Å². The smallest absolute Gasteiger partial charge is 0.339 e. The van der Waals surface area contributed by atoms with Crippen molar-refractivity contribution in [3.05, 3.63) is 17.5 Å². The first-order chi connectivity index (χ1) is 8.99. The quantitative estimate of drug-likeness (QED) is 0.865. The Morgan fingerprint density at radius 1 is 1.42 bits per heavy atom. The normalized spacial score (nSPS) is 23.1. The highest BCUT2D eigenvalue weighted by Crippen LogP contribution is 2.24. The monoisotopic (exact) mass is 265 g/mol. The zero-order valence-corrected chi connectivity index (χ0v) is 11.2. The molecule has 1 aromatic heterocycles. The van der Waals surface area contributed by atoms with E-state index in [0.29, 0.717) is 5.92 Å². The molecule has 0 aliphatic heterocycles. The lowest BCUT2D eigenvalue weighted by atomic mass is 9.86. The predicted octanol–water partition coefficient (Wildman–Crippen LogP) is 1.43. The molecule has 104 valence electrons. The summed E-state index contributed by atoms with van der Waals surface area (Å²) in [5.74, 6) is -1.10. The summed E-state index contributed by atoms with van der Waals surface area (Å²) in [6.45, 7) is 2.11. The lowest BCUT2D eigenvalue weighted by Gasteiger charge is -2.29. The fraction of sp³-hybridized carbons (Fsp3) is 0.615. The Balaban J connectivity index is 2.13. The molecule has 1 amide bonds. The van der Waals surface area contributed by atoms with Gasteiger partial charge in [-0.15, -0.1) is 0 Å². The summed E-state index contributed by atoms with van der Waals surface area (Å²) in [5, 5.41) is 15.9. The average molecular weight is 265 g/mol. The van der Waals surface area contributed by atoms with Crippen LogP contribution < -0.4 is 5.32 Å². The van der Waals surface area contributed by atoms with Crippen LogP contribution in [0.15, 0.2) is 6.20 Å². The van der Waals surface area contributed by atoms with Crippen molar-refractivity contribution in [2.75, 3.05) is 0 Å². The average Bonchev–Trinajstić information content (AvgIpc) is 2.74. The van der Waals surface area contributed by atoms with Gasteiger partial charge in [0, 0.05) is 19.3 Å². The molecule has 6 nitrogen and oxygen atoms in total. The molecule has 1 aliphatic rings. The molecular formula is C13H19N3O3. The van der Waals surface area contributed by atoms with Crippen molar-refractivity contribution in [3.63, 3.8) is 0 Å². The molecule has 1 heterocycles. The second kappa shape index (κ2) is 5.42. The number of rotatable bonds is 3. The topological polar surface area (TPSA) is 84.2 Å². The summed E-state index contributed by atoms with van der Waals surface area (Å²) in [6.07, 6.45) is 5.68. The highest BCUT2D eigenvalue weighted by molar-refractivity contribution is 6.03. The van der Waals surface area contributed by atoms with Crippen LogP contribution in [-0.2, 0) is 7.05 Å². The van der Waals surface area contributed by atoms with Gasteiger partial charge in [-0.25, -0.2) is 4.79 Å². The molecule has 1 fully saturated rings. The van der Waals surface area contributed by atoms with Crippen LogP contribution in [0.2, 0.25) is 0 Å². The number of carbonyl (C=O) groups is 2. The van der Waals surface area contributed by atoms with Crippen molar-refractivity contribution in [2.45, 2.75) is 38.6 Å². The SMILES string of the molecule is C[C@@H]1CCCC[C@H]1NC(=O)c1nn(C)cc1C(=O)O. The minimum Gasteiger partial charge on any atom is -0.478 e. The second-order valence-electron chi connectivity index (χ2n) is 5.21. The minimum atomic E-state index is -1.13. The molecule has 1 saturated carbocycles.